The molecule has 0 radical (unpaired) electrons. The van der Waals surface area contributed by atoms with Gasteiger partial charge in [0.25, 0.3) is 0 Å². The lowest BCUT2D eigenvalue weighted by atomic mass is 10.3. The SMILES string of the molecule is O=C(O)[C@@H]1CSCN1C(=O)Nc1cc(F)c(F)c(F)c1. The lowest BCUT2D eigenvalue weighted by Crippen LogP contribution is -2.44. The van der Waals surface area contributed by atoms with Gasteiger partial charge in [-0.15, -0.1) is 11.8 Å². The van der Waals surface area contributed by atoms with E-state index in [1.165, 1.54) is 11.8 Å². The Morgan fingerprint density at radius 1 is 1.30 bits per heavy atom. The van der Waals surface area contributed by atoms with Gasteiger partial charge in [0.1, 0.15) is 6.04 Å². The number of halogens is 3. The normalized spacial score (nSPS) is 18.1. The van der Waals surface area contributed by atoms with Crippen LogP contribution in [0.4, 0.5) is 23.7 Å². The smallest absolute Gasteiger partial charge is 0.327 e. The number of anilines is 1. The van der Waals surface area contributed by atoms with Crippen LogP contribution in [0.3, 0.4) is 0 Å². The maximum atomic E-state index is 13.0. The zero-order valence-corrected chi connectivity index (χ0v) is 10.7. The van der Waals surface area contributed by atoms with Crippen molar-refractivity contribution < 1.29 is 27.9 Å². The van der Waals surface area contributed by atoms with Crippen molar-refractivity contribution >= 4 is 29.4 Å². The Hall–Kier alpha value is -1.90. The average molecular weight is 306 g/mol. The number of thioether (sulfide) groups is 1. The standard InChI is InChI=1S/C11H9F3N2O3S/c12-6-1-5(2-7(13)9(6)14)15-11(19)16-4-20-3-8(16)10(17)18/h1-2,8H,3-4H2,(H,15,19)(H,17,18)/t8-/m0/s1. The number of carboxylic acids is 1. The van der Waals surface area contributed by atoms with Gasteiger partial charge in [0.05, 0.1) is 5.88 Å². The molecule has 0 saturated carbocycles. The molecular weight excluding hydrogens is 297 g/mol. The summed E-state index contributed by atoms with van der Waals surface area (Å²) >= 11 is 1.24. The first-order valence-electron chi connectivity index (χ1n) is 5.43. The van der Waals surface area contributed by atoms with E-state index < -0.39 is 35.5 Å². The third kappa shape index (κ3) is 2.82. The van der Waals surface area contributed by atoms with Gasteiger partial charge in [-0.3, -0.25) is 0 Å². The summed E-state index contributed by atoms with van der Waals surface area (Å²) in [6.45, 7) is 0. The van der Waals surface area contributed by atoms with Crippen molar-refractivity contribution in [3.05, 3.63) is 29.6 Å². The van der Waals surface area contributed by atoms with Crippen LogP contribution in [-0.2, 0) is 4.79 Å². The van der Waals surface area contributed by atoms with Crippen LogP contribution in [0.15, 0.2) is 12.1 Å². The first-order chi connectivity index (χ1) is 9.40. The Kier molecular flexibility index (Phi) is 4.07. The van der Waals surface area contributed by atoms with Gasteiger partial charge in [-0.2, -0.15) is 0 Å². The van der Waals surface area contributed by atoms with E-state index in [9.17, 15) is 22.8 Å². The van der Waals surface area contributed by atoms with Crippen LogP contribution in [0.1, 0.15) is 0 Å². The number of rotatable bonds is 2. The third-order valence-corrected chi connectivity index (χ3v) is 3.68. The van der Waals surface area contributed by atoms with Gasteiger partial charge in [-0.25, -0.2) is 22.8 Å². The number of amides is 2. The lowest BCUT2D eigenvalue weighted by molar-refractivity contribution is -0.140. The molecule has 1 atom stereocenters. The van der Waals surface area contributed by atoms with Crippen molar-refractivity contribution in [2.45, 2.75) is 6.04 Å². The zero-order valence-electron chi connectivity index (χ0n) is 9.90. The highest BCUT2D eigenvalue weighted by molar-refractivity contribution is 7.99. The molecule has 2 amide bonds. The molecule has 0 unspecified atom stereocenters. The molecule has 1 aromatic rings. The van der Waals surface area contributed by atoms with Gasteiger partial charge >= 0.3 is 12.0 Å². The fraction of sp³-hybridized carbons (Fsp3) is 0.273. The second-order valence-electron chi connectivity index (χ2n) is 4.01. The number of nitrogens with one attached hydrogen (secondary N) is 1. The molecule has 5 nitrogen and oxygen atoms in total. The molecule has 0 aromatic heterocycles. The summed E-state index contributed by atoms with van der Waals surface area (Å²) in [5.41, 5.74) is -0.285. The number of aliphatic carboxylic acids is 1. The van der Waals surface area contributed by atoms with Gasteiger partial charge < -0.3 is 15.3 Å². The molecular formula is C11H9F3N2O3S. The van der Waals surface area contributed by atoms with E-state index in [0.717, 1.165) is 4.90 Å². The second-order valence-corrected chi connectivity index (χ2v) is 5.01. The van der Waals surface area contributed by atoms with E-state index in [0.29, 0.717) is 12.1 Å². The molecule has 20 heavy (non-hydrogen) atoms. The summed E-state index contributed by atoms with van der Waals surface area (Å²) in [5, 5.41) is 11.1. The predicted octanol–water partition coefficient (Wildman–Crippen LogP) is 2.10. The molecule has 1 aliphatic heterocycles. The highest BCUT2D eigenvalue weighted by atomic mass is 32.2. The maximum absolute atomic E-state index is 13.0. The van der Waals surface area contributed by atoms with E-state index in [1.54, 1.807) is 0 Å². The van der Waals surface area contributed by atoms with Crippen LogP contribution < -0.4 is 5.32 Å². The molecule has 108 valence electrons. The molecule has 0 aliphatic carbocycles. The van der Waals surface area contributed by atoms with Gasteiger partial charge in [-0.1, -0.05) is 0 Å². The summed E-state index contributed by atoms with van der Waals surface area (Å²) in [6, 6.07) is -0.576. The van der Waals surface area contributed by atoms with Crippen molar-refractivity contribution in [1.82, 2.24) is 4.90 Å². The quantitative estimate of drug-likeness (QED) is 0.821. The predicted molar refractivity (Wildman–Crippen MR) is 65.9 cm³/mol. The number of urea groups is 1. The van der Waals surface area contributed by atoms with Gasteiger partial charge in [0.15, 0.2) is 17.5 Å². The van der Waals surface area contributed by atoms with E-state index >= 15 is 0 Å². The highest BCUT2D eigenvalue weighted by Gasteiger charge is 2.34. The van der Waals surface area contributed by atoms with Crippen LogP contribution in [0, 0.1) is 17.5 Å². The fourth-order valence-corrected chi connectivity index (χ4v) is 2.82. The van der Waals surface area contributed by atoms with Crippen LogP contribution in [0.5, 0.6) is 0 Å². The fourth-order valence-electron chi connectivity index (χ4n) is 1.67. The summed E-state index contributed by atoms with van der Waals surface area (Å²) < 4.78 is 38.8. The summed E-state index contributed by atoms with van der Waals surface area (Å²) in [5.74, 6) is -5.30. The van der Waals surface area contributed by atoms with E-state index in [2.05, 4.69) is 5.32 Å². The minimum Gasteiger partial charge on any atom is -0.480 e. The van der Waals surface area contributed by atoms with Crippen molar-refractivity contribution in [2.24, 2.45) is 0 Å². The Balaban J connectivity index is 2.14. The number of carboxylic acid groups (broad SMARTS) is 1. The Morgan fingerprint density at radius 2 is 1.90 bits per heavy atom. The van der Waals surface area contributed by atoms with Crippen LogP contribution >= 0.6 is 11.8 Å². The lowest BCUT2D eigenvalue weighted by Gasteiger charge is -2.20. The van der Waals surface area contributed by atoms with Crippen molar-refractivity contribution in [2.75, 3.05) is 16.9 Å². The molecule has 2 rings (SSSR count). The first-order valence-corrected chi connectivity index (χ1v) is 6.58. The minimum absolute atomic E-state index is 0.148. The zero-order chi connectivity index (χ0) is 14.9. The maximum Gasteiger partial charge on any atom is 0.327 e. The molecule has 9 heteroatoms. The monoisotopic (exact) mass is 306 g/mol. The summed E-state index contributed by atoms with van der Waals surface area (Å²) in [7, 11) is 0. The molecule has 1 heterocycles. The first kappa shape index (κ1) is 14.5. The number of hydrogen-bond acceptors (Lipinski definition) is 3. The molecule has 1 aromatic carbocycles. The van der Waals surface area contributed by atoms with Crippen molar-refractivity contribution in [1.29, 1.82) is 0 Å². The number of carbonyl (C=O) groups excluding carboxylic acids is 1. The topological polar surface area (TPSA) is 69.6 Å². The average Bonchev–Trinajstić information content (AvgIpc) is 2.85. The van der Waals surface area contributed by atoms with Gasteiger partial charge in [-0.05, 0) is 0 Å². The molecule has 0 bridgehead atoms. The van der Waals surface area contributed by atoms with E-state index in [-0.39, 0.29) is 17.3 Å². The minimum atomic E-state index is -1.64. The highest BCUT2D eigenvalue weighted by Crippen LogP contribution is 2.23. The Morgan fingerprint density at radius 3 is 2.45 bits per heavy atom. The Labute approximate surface area is 115 Å². The van der Waals surface area contributed by atoms with Crippen molar-refractivity contribution in [3.63, 3.8) is 0 Å². The number of nitrogens with zero attached hydrogens (tertiary/aromatic N) is 1. The van der Waals surface area contributed by atoms with Crippen LogP contribution in [0.2, 0.25) is 0 Å². The van der Waals surface area contributed by atoms with Crippen molar-refractivity contribution in [3.8, 4) is 0 Å². The van der Waals surface area contributed by atoms with Gasteiger partial charge in [0.2, 0.25) is 0 Å². The molecule has 1 fully saturated rings. The van der Waals surface area contributed by atoms with Gasteiger partial charge in [0, 0.05) is 23.6 Å². The van der Waals surface area contributed by atoms with Crippen LogP contribution in [0.25, 0.3) is 0 Å². The summed E-state index contributed by atoms with van der Waals surface area (Å²) in [6.07, 6.45) is 0. The molecule has 1 aliphatic rings. The molecule has 2 N–H and O–H groups in total. The third-order valence-electron chi connectivity index (χ3n) is 2.66. The van der Waals surface area contributed by atoms with E-state index in [1.807, 2.05) is 0 Å². The van der Waals surface area contributed by atoms with E-state index in [4.69, 9.17) is 5.11 Å². The Bertz CT molecular complexity index is 547. The number of benzene rings is 1. The molecule has 1 saturated heterocycles. The number of hydrogen-bond donors (Lipinski definition) is 2. The number of carbonyl (C=O) groups is 2. The summed E-state index contributed by atoms with van der Waals surface area (Å²) in [4.78, 5) is 23.8. The molecule has 0 spiro atoms. The largest absolute Gasteiger partial charge is 0.480 e. The van der Waals surface area contributed by atoms with Crippen LogP contribution in [-0.4, -0.2) is 39.7 Å². The second kappa shape index (κ2) is 5.61.